The molecule has 12 heavy (non-hydrogen) atoms. The molecule has 1 atom stereocenters. The van der Waals surface area contributed by atoms with E-state index in [0.29, 0.717) is 0 Å². The van der Waals surface area contributed by atoms with Gasteiger partial charge < -0.3 is 16.2 Å². The molecule has 0 aliphatic heterocycles. The van der Waals surface area contributed by atoms with Crippen LogP contribution in [-0.4, -0.2) is 29.9 Å². The Morgan fingerprint density at radius 1 is 1.67 bits per heavy atom. The maximum Gasteiger partial charge on any atom is 0.324 e. The van der Waals surface area contributed by atoms with Gasteiger partial charge in [0.25, 0.3) is 0 Å². The first-order valence-corrected chi connectivity index (χ1v) is 4.35. The second-order valence-electron chi connectivity index (χ2n) is 3.17. The molecule has 0 rings (SSSR count). The average molecular weight is 192 g/mol. The first-order chi connectivity index (χ1) is 5.43. The summed E-state index contributed by atoms with van der Waals surface area (Å²) < 4.78 is 5.00. The van der Waals surface area contributed by atoms with E-state index in [0.717, 1.165) is 0 Å². The Labute approximate surface area is 78.0 Å². The van der Waals surface area contributed by atoms with Crippen molar-refractivity contribution in [3.8, 4) is 0 Å². The molecule has 0 amide bonds. The highest BCUT2D eigenvalue weighted by atomic mass is 32.1. The lowest BCUT2D eigenvalue weighted by atomic mass is 10.1. The summed E-state index contributed by atoms with van der Waals surface area (Å²) in [6.45, 7) is 3.74. The van der Waals surface area contributed by atoms with Crippen molar-refractivity contribution in [3.63, 3.8) is 0 Å². The molecule has 0 aromatic rings. The first kappa shape index (κ1) is 11.7. The Morgan fingerprint density at radius 3 is 2.50 bits per heavy atom. The summed E-state index contributed by atoms with van der Waals surface area (Å²) >= 11 is 3.88. The second kappa shape index (κ2) is 4.69. The van der Waals surface area contributed by atoms with Gasteiger partial charge >= 0.3 is 5.97 Å². The van der Waals surface area contributed by atoms with Crippen molar-refractivity contribution in [2.75, 3.05) is 12.3 Å². The van der Waals surface area contributed by atoms with Crippen molar-refractivity contribution in [1.29, 1.82) is 0 Å². The lowest BCUT2D eigenvalue weighted by molar-refractivity contribution is -0.156. The zero-order chi connectivity index (χ0) is 9.78. The van der Waals surface area contributed by atoms with Crippen LogP contribution in [0.3, 0.4) is 0 Å². The van der Waals surface area contributed by atoms with Crippen LogP contribution in [0.5, 0.6) is 0 Å². The lowest BCUT2D eigenvalue weighted by Crippen LogP contribution is -2.43. The fraction of sp³-hybridized carbons (Fsp3) is 0.857. The highest BCUT2D eigenvalue weighted by Gasteiger charge is 2.23. The highest BCUT2D eigenvalue weighted by molar-refractivity contribution is 7.80. The molecule has 0 radical (unpaired) electrons. The Bertz CT molecular complexity index is 161. The van der Waals surface area contributed by atoms with E-state index in [1.54, 1.807) is 13.8 Å². The van der Waals surface area contributed by atoms with E-state index in [1.165, 1.54) is 0 Å². The molecule has 0 heterocycles. The van der Waals surface area contributed by atoms with Crippen LogP contribution >= 0.6 is 12.6 Å². The van der Waals surface area contributed by atoms with Gasteiger partial charge in [0, 0.05) is 12.3 Å². The maximum atomic E-state index is 11.1. The van der Waals surface area contributed by atoms with Crippen LogP contribution < -0.4 is 11.5 Å². The second-order valence-corrected chi connectivity index (χ2v) is 3.54. The third kappa shape index (κ3) is 3.94. The van der Waals surface area contributed by atoms with E-state index in [-0.39, 0.29) is 12.3 Å². The topological polar surface area (TPSA) is 78.3 Å². The molecule has 4 N–H and O–H groups in total. The van der Waals surface area contributed by atoms with E-state index >= 15 is 0 Å². The van der Waals surface area contributed by atoms with Crippen molar-refractivity contribution in [1.82, 2.24) is 0 Å². The SMILES string of the molecule is CC(C)(CN)OC(=O)[C@@H](N)CS. The lowest BCUT2D eigenvalue weighted by Gasteiger charge is -2.24. The third-order valence-corrected chi connectivity index (χ3v) is 1.76. The monoisotopic (exact) mass is 192 g/mol. The summed E-state index contributed by atoms with van der Waals surface area (Å²) in [6, 6.07) is -0.667. The average Bonchev–Trinajstić information content (AvgIpc) is 2.02. The van der Waals surface area contributed by atoms with Crippen molar-refractivity contribution in [3.05, 3.63) is 0 Å². The summed E-state index contributed by atoms with van der Waals surface area (Å²) in [5, 5.41) is 0. The van der Waals surface area contributed by atoms with Gasteiger partial charge in [-0.25, -0.2) is 0 Å². The van der Waals surface area contributed by atoms with Gasteiger partial charge in [-0.2, -0.15) is 12.6 Å². The number of carbonyl (C=O) groups is 1. The number of hydrogen-bond donors (Lipinski definition) is 3. The van der Waals surface area contributed by atoms with Crippen LogP contribution in [0, 0.1) is 0 Å². The first-order valence-electron chi connectivity index (χ1n) is 3.72. The molecule has 0 aromatic heterocycles. The molecule has 0 aromatic carbocycles. The van der Waals surface area contributed by atoms with E-state index < -0.39 is 17.6 Å². The molecule has 72 valence electrons. The fourth-order valence-electron chi connectivity index (χ4n) is 0.464. The predicted molar refractivity (Wildman–Crippen MR) is 51.1 cm³/mol. The molecule has 0 saturated carbocycles. The fourth-order valence-corrected chi connectivity index (χ4v) is 0.613. The smallest absolute Gasteiger partial charge is 0.324 e. The zero-order valence-corrected chi connectivity index (χ0v) is 8.30. The van der Waals surface area contributed by atoms with Crippen molar-refractivity contribution >= 4 is 18.6 Å². The Balaban J connectivity index is 4.00. The molecule has 5 heteroatoms. The van der Waals surface area contributed by atoms with Gasteiger partial charge in [0.1, 0.15) is 11.6 Å². The van der Waals surface area contributed by atoms with Crippen molar-refractivity contribution < 1.29 is 9.53 Å². The third-order valence-electron chi connectivity index (χ3n) is 1.37. The minimum Gasteiger partial charge on any atom is -0.457 e. The molecule has 0 fully saturated rings. The van der Waals surface area contributed by atoms with Crippen LogP contribution in [-0.2, 0) is 9.53 Å². The van der Waals surface area contributed by atoms with Crippen LogP contribution in [0.15, 0.2) is 0 Å². The molecule has 0 bridgehead atoms. The van der Waals surface area contributed by atoms with E-state index in [2.05, 4.69) is 12.6 Å². The number of esters is 1. The van der Waals surface area contributed by atoms with Gasteiger partial charge in [0.05, 0.1) is 0 Å². The highest BCUT2D eigenvalue weighted by Crippen LogP contribution is 2.07. The number of thiol groups is 1. The number of rotatable bonds is 4. The summed E-state index contributed by atoms with van der Waals surface area (Å²) in [4.78, 5) is 11.1. The van der Waals surface area contributed by atoms with Crippen molar-refractivity contribution in [2.24, 2.45) is 11.5 Å². The van der Waals surface area contributed by atoms with Crippen molar-refractivity contribution in [2.45, 2.75) is 25.5 Å². The molecule has 0 saturated heterocycles. The molecule has 4 nitrogen and oxygen atoms in total. The Morgan fingerprint density at radius 2 is 2.17 bits per heavy atom. The van der Waals surface area contributed by atoms with Gasteiger partial charge in [-0.3, -0.25) is 4.79 Å². The minimum absolute atomic E-state index is 0.276. The van der Waals surface area contributed by atoms with E-state index in [9.17, 15) is 4.79 Å². The largest absolute Gasteiger partial charge is 0.457 e. The Hall–Kier alpha value is -0.260. The van der Waals surface area contributed by atoms with Gasteiger partial charge in [-0.1, -0.05) is 0 Å². The normalized spacial score (nSPS) is 14.1. The molecule has 0 aliphatic rings. The molecular formula is C7H16N2O2S. The van der Waals surface area contributed by atoms with E-state index in [4.69, 9.17) is 16.2 Å². The zero-order valence-electron chi connectivity index (χ0n) is 7.41. The van der Waals surface area contributed by atoms with Crippen LogP contribution in [0.1, 0.15) is 13.8 Å². The number of hydrogen-bond acceptors (Lipinski definition) is 5. The summed E-state index contributed by atoms with van der Waals surface area (Å²) in [7, 11) is 0. The Kier molecular flexibility index (Phi) is 4.59. The summed E-state index contributed by atoms with van der Waals surface area (Å²) in [6.07, 6.45) is 0. The summed E-state index contributed by atoms with van der Waals surface area (Å²) in [5.41, 5.74) is 10.1. The predicted octanol–water partition coefficient (Wildman–Crippen LogP) is -0.476. The van der Waals surface area contributed by atoms with Gasteiger partial charge in [-0.05, 0) is 13.8 Å². The van der Waals surface area contributed by atoms with E-state index in [1.807, 2.05) is 0 Å². The van der Waals surface area contributed by atoms with Gasteiger partial charge in [-0.15, -0.1) is 0 Å². The molecule has 0 unspecified atom stereocenters. The van der Waals surface area contributed by atoms with Gasteiger partial charge in [0.15, 0.2) is 0 Å². The van der Waals surface area contributed by atoms with Gasteiger partial charge in [0.2, 0.25) is 0 Å². The number of nitrogens with two attached hydrogens (primary N) is 2. The maximum absolute atomic E-state index is 11.1. The number of carbonyl (C=O) groups excluding carboxylic acids is 1. The molecular weight excluding hydrogens is 176 g/mol. The number of ether oxygens (including phenoxy) is 1. The van der Waals surface area contributed by atoms with Crippen LogP contribution in [0.25, 0.3) is 0 Å². The quantitative estimate of drug-likeness (QED) is 0.415. The summed E-state index contributed by atoms with van der Waals surface area (Å²) in [5.74, 6) is -0.181. The van der Waals surface area contributed by atoms with Crippen LogP contribution in [0.2, 0.25) is 0 Å². The molecule has 0 aliphatic carbocycles. The minimum atomic E-state index is -0.667. The van der Waals surface area contributed by atoms with Crippen LogP contribution in [0.4, 0.5) is 0 Å². The molecule has 0 spiro atoms. The standard InChI is InChI=1S/C7H16N2O2S/c1-7(2,4-8)11-6(10)5(9)3-12/h5,12H,3-4,8-9H2,1-2H3/t5-/m0/s1.